The van der Waals surface area contributed by atoms with Crippen molar-refractivity contribution in [3.05, 3.63) is 0 Å². The minimum Gasteiger partial charge on any atom is -0.0149 e. The largest absolute Gasteiger partial charge is 0.316 e. The summed E-state index contributed by atoms with van der Waals surface area (Å²) in [6.45, 7) is 0. The summed E-state index contributed by atoms with van der Waals surface area (Å²) in [4.78, 5) is 0. The number of hydrogen-bond acceptors (Lipinski definition) is 0. The minimum absolute atomic E-state index is 0. The fourth-order valence-corrected chi connectivity index (χ4v) is 0. The average Bonchev–Trinajstić information content (AvgIpc) is 0. The van der Waals surface area contributed by atoms with Crippen LogP contribution < -0.4 is 0 Å². The Morgan fingerprint density at radius 3 is 1.00 bits per heavy atom. The Hall–Kier alpha value is 2.71. The van der Waals surface area contributed by atoms with Gasteiger partial charge in [-0.25, -0.2) is 0 Å². The fraction of sp³-hybridized carbons (Fsp3) is 0. The molecule has 0 N–H and O–H groups in total. The zero-order chi connectivity index (χ0) is 0. The van der Waals surface area contributed by atoms with Crippen LogP contribution in [0, 0.1) is 0 Å². The second kappa shape index (κ2) is 17.2. The first-order valence-corrected chi connectivity index (χ1v) is 0. The Kier molecular flexibility index (Phi) is 128. The second-order valence-corrected chi connectivity index (χ2v) is 0. The summed E-state index contributed by atoms with van der Waals surface area (Å²) < 4.78 is 0. The van der Waals surface area contributed by atoms with Crippen LogP contribution in [-0.2, 0) is 52.2 Å². The van der Waals surface area contributed by atoms with Gasteiger partial charge in [-0.05, 0) is 11.0 Å². The predicted octanol–water partition coefficient (Wildman–Crippen LogP) is -2.37. The molecule has 0 nitrogen and oxygen atoms in total. The summed E-state index contributed by atoms with van der Waals surface area (Å²) in [5.41, 5.74) is 0. The van der Waals surface area contributed by atoms with Crippen LogP contribution in [0.25, 0.3) is 0 Å². The third kappa shape index (κ3) is 8.83. The minimum atomic E-state index is 0. The molecule has 0 saturated carbocycles. The molecule has 0 amide bonds. The van der Waals surface area contributed by atoms with Crippen molar-refractivity contribution in [2.45, 2.75) is 0 Å². The monoisotopic (exact) mass is 211 g/mol. The number of hydrogen-bond donors (Lipinski definition) is 0. The molecule has 0 heterocycles. The van der Waals surface area contributed by atoms with Gasteiger partial charge in [0.25, 0.3) is 0 Å². The van der Waals surface area contributed by atoms with Crippen LogP contribution in [0.4, 0.5) is 0 Å². The Morgan fingerprint density at radius 2 is 1.00 bits per heavy atom. The van der Waals surface area contributed by atoms with E-state index < -0.39 is 0 Å². The maximum atomic E-state index is 0. The molecular formula is H6MgSiYZn. The quantitative estimate of drug-likeness (QED) is 0.394. The molecule has 0 fully saturated rings. The van der Waals surface area contributed by atoms with Crippen LogP contribution in [0.2, 0.25) is 0 Å². The molecule has 0 unspecified atom stereocenters. The van der Waals surface area contributed by atoms with Crippen molar-refractivity contribution < 1.29 is 52.2 Å². The van der Waals surface area contributed by atoms with Gasteiger partial charge in [-0.1, -0.05) is 0 Å². The van der Waals surface area contributed by atoms with Gasteiger partial charge >= 0.3 is 23.1 Å². The van der Waals surface area contributed by atoms with Crippen LogP contribution in [0.3, 0.4) is 0 Å². The Balaban J connectivity index is 0. The van der Waals surface area contributed by atoms with Crippen molar-refractivity contribution >= 4 is 34.0 Å². The van der Waals surface area contributed by atoms with Crippen LogP contribution >= 0.6 is 0 Å². The van der Waals surface area contributed by atoms with E-state index in [0.29, 0.717) is 0 Å². The summed E-state index contributed by atoms with van der Waals surface area (Å²) in [7, 11) is 0. The zero-order valence-electron chi connectivity index (χ0n) is 1.28. The SMILES string of the molecule is [MgH2].[SiH4].[Y].[Zn]. The van der Waals surface area contributed by atoms with E-state index in [2.05, 4.69) is 0 Å². The molecule has 17 valence electrons. The third-order valence-corrected chi connectivity index (χ3v) is 0. The topological polar surface area (TPSA) is 0 Å². The van der Waals surface area contributed by atoms with Crippen LogP contribution in [0.1, 0.15) is 0 Å². The van der Waals surface area contributed by atoms with Gasteiger partial charge in [0.2, 0.25) is 0 Å². The van der Waals surface area contributed by atoms with Crippen LogP contribution in [0.15, 0.2) is 0 Å². The zero-order valence-corrected chi connectivity index (χ0v) is 7.09. The molecule has 4 heavy (non-hydrogen) atoms. The molecule has 0 aliphatic carbocycles. The molecule has 0 rings (SSSR count). The maximum absolute atomic E-state index is 0. The third-order valence-electron chi connectivity index (χ3n) is 0. The first-order valence-electron chi connectivity index (χ1n) is 0. The van der Waals surface area contributed by atoms with Crippen molar-refractivity contribution in [1.82, 2.24) is 0 Å². The average molecular weight is 213 g/mol. The fourth-order valence-electron chi connectivity index (χ4n) is 0. The van der Waals surface area contributed by atoms with E-state index in [1.807, 2.05) is 0 Å². The normalized spacial score (nSPS) is 0. The summed E-state index contributed by atoms with van der Waals surface area (Å²) in [6.07, 6.45) is 0. The number of rotatable bonds is 0. The van der Waals surface area contributed by atoms with Crippen molar-refractivity contribution in [1.29, 1.82) is 0 Å². The molecule has 0 aliphatic rings. The van der Waals surface area contributed by atoms with E-state index in [9.17, 15) is 0 Å². The smallest absolute Gasteiger partial charge is 0.0149 e. The van der Waals surface area contributed by atoms with Gasteiger partial charge in [-0.3, -0.25) is 0 Å². The van der Waals surface area contributed by atoms with Gasteiger partial charge < -0.3 is 0 Å². The van der Waals surface area contributed by atoms with Gasteiger partial charge in [0.15, 0.2) is 0 Å². The van der Waals surface area contributed by atoms with Crippen molar-refractivity contribution in [3.63, 3.8) is 0 Å². The van der Waals surface area contributed by atoms with E-state index in [1.54, 1.807) is 0 Å². The molecule has 0 spiro atoms. The van der Waals surface area contributed by atoms with Gasteiger partial charge in [0, 0.05) is 52.2 Å². The molecule has 0 aliphatic heterocycles. The molecule has 0 aromatic rings. The van der Waals surface area contributed by atoms with Crippen LogP contribution in [0.5, 0.6) is 0 Å². The molecule has 1 radical (unpaired) electrons. The molecule has 0 bridgehead atoms. The predicted molar refractivity (Wildman–Crippen MR) is 19.9 cm³/mol. The van der Waals surface area contributed by atoms with Gasteiger partial charge in [-0.15, -0.1) is 0 Å². The van der Waals surface area contributed by atoms with E-state index in [4.69, 9.17) is 0 Å². The van der Waals surface area contributed by atoms with E-state index in [0.717, 1.165) is 0 Å². The van der Waals surface area contributed by atoms with E-state index in [1.165, 1.54) is 0 Å². The summed E-state index contributed by atoms with van der Waals surface area (Å²) in [6, 6.07) is 0. The summed E-state index contributed by atoms with van der Waals surface area (Å²) >= 11 is 0. The van der Waals surface area contributed by atoms with E-state index in [-0.39, 0.29) is 86.2 Å². The van der Waals surface area contributed by atoms with Crippen molar-refractivity contribution in [2.24, 2.45) is 0 Å². The molecular weight excluding hydrogens is 207 g/mol. The van der Waals surface area contributed by atoms with Gasteiger partial charge in [-0.2, -0.15) is 0 Å². The standard InChI is InChI=1S/Mg.H4Si.Y.Zn.2H/h;1H4;;;;. The summed E-state index contributed by atoms with van der Waals surface area (Å²) in [5, 5.41) is 0. The van der Waals surface area contributed by atoms with Crippen molar-refractivity contribution in [3.8, 4) is 0 Å². The maximum Gasteiger partial charge on any atom is 0.316 e. The Morgan fingerprint density at radius 1 is 1.00 bits per heavy atom. The molecule has 0 aromatic heterocycles. The van der Waals surface area contributed by atoms with Crippen LogP contribution in [-0.4, -0.2) is 34.0 Å². The molecule has 0 saturated heterocycles. The molecule has 4 heteroatoms. The second-order valence-electron chi connectivity index (χ2n) is 0. The molecule has 0 atom stereocenters. The first-order chi connectivity index (χ1) is 0. The Bertz CT molecular complexity index is 8.00. The first kappa shape index (κ1) is 29.8. The van der Waals surface area contributed by atoms with Crippen molar-refractivity contribution in [2.75, 3.05) is 0 Å². The Labute approximate surface area is 84.7 Å². The van der Waals surface area contributed by atoms with Gasteiger partial charge in [0.05, 0.1) is 0 Å². The summed E-state index contributed by atoms with van der Waals surface area (Å²) in [5.74, 6) is 0. The molecule has 0 aromatic carbocycles. The van der Waals surface area contributed by atoms with E-state index >= 15 is 0 Å². The van der Waals surface area contributed by atoms with Gasteiger partial charge in [0.1, 0.15) is 0 Å².